The van der Waals surface area contributed by atoms with Gasteiger partial charge in [0.25, 0.3) is 5.91 Å². The molecule has 1 aromatic carbocycles. The minimum atomic E-state index is -0.0761. The summed E-state index contributed by atoms with van der Waals surface area (Å²) in [5.41, 5.74) is 3.70. The van der Waals surface area contributed by atoms with Crippen LogP contribution in [0.3, 0.4) is 0 Å². The first-order chi connectivity index (χ1) is 14.7. The summed E-state index contributed by atoms with van der Waals surface area (Å²) >= 11 is 0. The van der Waals surface area contributed by atoms with Gasteiger partial charge < -0.3 is 14.8 Å². The molecule has 0 aliphatic heterocycles. The van der Waals surface area contributed by atoms with E-state index in [1.807, 2.05) is 12.3 Å². The van der Waals surface area contributed by atoms with Gasteiger partial charge in [-0.2, -0.15) is 4.98 Å². The molecule has 1 saturated carbocycles. The van der Waals surface area contributed by atoms with Crippen molar-refractivity contribution in [2.75, 3.05) is 19.4 Å². The summed E-state index contributed by atoms with van der Waals surface area (Å²) in [6.45, 7) is 8.85. The quantitative estimate of drug-likeness (QED) is 0.570. The number of hydrogen-bond acceptors (Lipinski definition) is 4. The Kier molecular flexibility index (Phi) is 5.50. The van der Waals surface area contributed by atoms with Crippen LogP contribution in [0, 0.1) is 5.92 Å². The fourth-order valence-corrected chi connectivity index (χ4v) is 4.57. The van der Waals surface area contributed by atoms with Crippen molar-refractivity contribution in [3.63, 3.8) is 0 Å². The highest BCUT2D eigenvalue weighted by molar-refractivity contribution is 5.98. The number of carbonyl (C=O) groups is 1. The molecule has 0 spiro atoms. The van der Waals surface area contributed by atoms with E-state index in [0.29, 0.717) is 23.5 Å². The Labute approximate surface area is 184 Å². The molecule has 2 aromatic heterocycles. The van der Waals surface area contributed by atoms with Crippen molar-refractivity contribution in [3.8, 4) is 0 Å². The highest BCUT2D eigenvalue weighted by Gasteiger charge is 2.44. The smallest absolute Gasteiger partial charge is 0.270 e. The fraction of sp³-hybridized carbons (Fsp3) is 0.480. The van der Waals surface area contributed by atoms with E-state index >= 15 is 0 Å². The third-order valence-corrected chi connectivity index (χ3v) is 6.74. The fourth-order valence-electron chi connectivity index (χ4n) is 4.57. The van der Waals surface area contributed by atoms with Crippen molar-refractivity contribution in [2.24, 2.45) is 5.92 Å². The van der Waals surface area contributed by atoms with Crippen molar-refractivity contribution in [3.05, 3.63) is 47.8 Å². The van der Waals surface area contributed by atoms with Gasteiger partial charge in [0.1, 0.15) is 11.3 Å². The van der Waals surface area contributed by atoms with Gasteiger partial charge in [-0.3, -0.25) is 4.79 Å². The number of rotatable bonds is 6. The monoisotopic (exact) mass is 419 g/mol. The topological polar surface area (TPSA) is 63.1 Å². The first-order valence-electron chi connectivity index (χ1n) is 11.2. The van der Waals surface area contributed by atoms with Crippen molar-refractivity contribution in [1.29, 1.82) is 0 Å². The van der Waals surface area contributed by atoms with E-state index in [1.165, 1.54) is 12.0 Å². The lowest BCUT2D eigenvalue weighted by molar-refractivity contribution is 0.0679. The van der Waals surface area contributed by atoms with Gasteiger partial charge in [0.2, 0.25) is 5.95 Å². The van der Waals surface area contributed by atoms with Crippen molar-refractivity contribution >= 4 is 28.6 Å². The molecule has 1 N–H and O–H groups in total. The first-order valence-corrected chi connectivity index (χ1v) is 11.2. The number of aromatic nitrogens is 3. The zero-order chi connectivity index (χ0) is 22.3. The minimum absolute atomic E-state index is 0.00343. The van der Waals surface area contributed by atoms with Crippen LogP contribution in [0.4, 0.5) is 11.6 Å². The van der Waals surface area contributed by atoms with Gasteiger partial charge >= 0.3 is 0 Å². The third-order valence-electron chi connectivity index (χ3n) is 6.74. The average Bonchev–Trinajstić information content (AvgIpc) is 3.05. The van der Waals surface area contributed by atoms with E-state index in [-0.39, 0.29) is 11.4 Å². The Morgan fingerprint density at radius 3 is 2.32 bits per heavy atom. The van der Waals surface area contributed by atoms with Gasteiger partial charge in [-0.25, -0.2) is 4.98 Å². The number of hydrogen-bond donors (Lipinski definition) is 1. The summed E-state index contributed by atoms with van der Waals surface area (Å²) in [6.07, 6.45) is 5.12. The minimum Gasteiger partial charge on any atom is -0.343 e. The molecule has 1 aliphatic carbocycles. The van der Waals surface area contributed by atoms with Gasteiger partial charge in [-0.05, 0) is 54.9 Å². The van der Waals surface area contributed by atoms with Crippen LogP contribution in [0.5, 0.6) is 0 Å². The van der Waals surface area contributed by atoms with Gasteiger partial charge in [0.15, 0.2) is 0 Å². The summed E-state index contributed by atoms with van der Waals surface area (Å²) in [6, 6.07) is 10.3. The van der Waals surface area contributed by atoms with Crippen LogP contribution < -0.4 is 5.32 Å². The molecule has 1 amide bonds. The maximum Gasteiger partial charge on any atom is 0.270 e. The molecule has 1 fully saturated rings. The van der Waals surface area contributed by atoms with Crippen molar-refractivity contribution < 1.29 is 4.79 Å². The summed E-state index contributed by atoms with van der Waals surface area (Å²) in [5, 5.41) is 4.24. The Balaban J connectivity index is 1.79. The summed E-state index contributed by atoms with van der Waals surface area (Å²) in [4.78, 5) is 24.1. The van der Waals surface area contributed by atoms with Crippen LogP contribution in [0.25, 0.3) is 11.0 Å². The molecule has 2 heterocycles. The number of nitrogens with zero attached hydrogens (tertiary/aromatic N) is 4. The molecule has 3 aromatic rings. The first kappa shape index (κ1) is 21.3. The zero-order valence-electron chi connectivity index (χ0n) is 19.4. The number of anilines is 2. The van der Waals surface area contributed by atoms with Gasteiger partial charge in [-0.15, -0.1) is 0 Å². The normalized spacial score (nSPS) is 15.4. The van der Waals surface area contributed by atoms with E-state index in [2.05, 4.69) is 66.8 Å². The number of benzene rings is 1. The van der Waals surface area contributed by atoms with E-state index in [9.17, 15) is 4.79 Å². The lowest BCUT2D eigenvalue weighted by atomic mass is 9.69. The van der Waals surface area contributed by atoms with Crippen molar-refractivity contribution in [1.82, 2.24) is 19.4 Å². The standard InChI is InChI=1S/C25H33N5O/c1-16(2)18-8-10-20(11-9-18)27-24-26-15-19-14-21(23(31)29(5)6)30(22(19)28-24)25(17(3)4)12-7-13-25/h8-11,14-17H,7,12-13H2,1-6H3,(H,26,27,28). The highest BCUT2D eigenvalue weighted by Crippen LogP contribution is 2.47. The molecule has 6 heteroatoms. The Morgan fingerprint density at radius 1 is 1.13 bits per heavy atom. The van der Waals surface area contributed by atoms with E-state index in [0.717, 1.165) is 29.6 Å². The predicted molar refractivity (Wildman–Crippen MR) is 126 cm³/mol. The van der Waals surface area contributed by atoms with E-state index in [1.54, 1.807) is 19.0 Å². The lowest BCUT2D eigenvalue weighted by Gasteiger charge is -2.48. The molecule has 0 radical (unpaired) electrons. The average molecular weight is 420 g/mol. The molecule has 164 valence electrons. The van der Waals surface area contributed by atoms with E-state index in [4.69, 9.17) is 4.98 Å². The van der Waals surface area contributed by atoms with Crippen LogP contribution in [-0.4, -0.2) is 39.4 Å². The van der Waals surface area contributed by atoms with E-state index < -0.39 is 0 Å². The Hall–Kier alpha value is -2.89. The van der Waals surface area contributed by atoms with Crippen LogP contribution in [0.1, 0.15) is 68.9 Å². The lowest BCUT2D eigenvalue weighted by Crippen LogP contribution is -2.47. The number of amides is 1. The van der Waals surface area contributed by atoms with Crippen molar-refractivity contribution in [2.45, 2.75) is 58.4 Å². The molecule has 6 nitrogen and oxygen atoms in total. The largest absolute Gasteiger partial charge is 0.343 e. The molecule has 1 aliphatic rings. The molecule has 0 bridgehead atoms. The van der Waals surface area contributed by atoms with Crippen LogP contribution in [-0.2, 0) is 5.54 Å². The molecule has 0 atom stereocenters. The molecule has 0 unspecified atom stereocenters. The van der Waals surface area contributed by atoms with Gasteiger partial charge in [0, 0.05) is 36.9 Å². The molecule has 31 heavy (non-hydrogen) atoms. The second-order valence-corrected chi connectivity index (χ2v) is 9.55. The number of fused-ring (bicyclic) bond motifs is 1. The third kappa shape index (κ3) is 3.68. The van der Waals surface area contributed by atoms with Crippen LogP contribution >= 0.6 is 0 Å². The molecular formula is C25H33N5O. The predicted octanol–water partition coefficient (Wildman–Crippen LogP) is 5.54. The second kappa shape index (κ2) is 7.98. The summed E-state index contributed by atoms with van der Waals surface area (Å²) in [5.74, 6) is 1.45. The number of nitrogens with one attached hydrogen (secondary N) is 1. The SMILES string of the molecule is CC(C)c1ccc(Nc2ncc3cc(C(=O)N(C)C)n(C4(C(C)C)CCC4)c3n2)cc1. The summed E-state index contributed by atoms with van der Waals surface area (Å²) < 4.78 is 2.20. The molecular weight excluding hydrogens is 386 g/mol. The Bertz CT molecular complexity index is 1090. The Morgan fingerprint density at radius 2 is 1.81 bits per heavy atom. The van der Waals surface area contributed by atoms with Gasteiger partial charge in [-0.1, -0.05) is 39.8 Å². The number of carbonyl (C=O) groups excluding carboxylic acids is 1. The molecule has 4 rings (SSSR count). The zero-order valence-corrected chi connectivity index (χ0v) is 19.4. The second-order valence-electron chi connectivity index (χ2n) is 9.55. The van der Waals surface area contributed by atoms with Gasteiger partial charge in [0.05, 0.1) is 0 Å². The highest BCUT2D eigenvalue weighted by atomic mass is 16.2. The summed E-state index contributed by atoms with van der Waals surface area (Å²) in [7, 11) is 3.60. The van der Waals surface area contributed by atoms with Crippen LogP contribution in [0.2, 0.25) is 0 Å². The molecule has 0 saturated heterocycles. The maximum absolute atomic E-state index is 13.0. The maximum atomic E-state index is 13.0. The van der Waals surface area contributed by atoms with Crippen LogP contribution in [0.15, 0.2) is 36.5 Å².